The van der Waals surface area contributed by atoms with Crippen LogP contribution in [0.5, 0.6) is 0 Å². The Morgan fingerprint density at radius 1 is 1.10 bits per heavy atom. The summed E-state index contributed by atoms with van der Waals surface area (Å²) >= 11 is 0. The molecule has 0 saturated carbocycles. The molecule has 4 N–H and O–H groups in total. The highest BCUT2D eigenvalue weighted by molar-refractivity contribution is 7.92. The Morgan fingerprint density at radius 2 is 1.80 bits per heavy atom. The van der Waals surface area contributed by atoms with Crippen molar-refractivity contribution in [1.82, 2.24) is 0 Å². The van der Waals surface area contributed by atoms with Gasteiger partial charge in [-0.1, -0.05) is 30.3 Å². The summed E-state index contributed by atoms with van der Waals surface area (Å²) in [5, 5.41) is 9.67. The van der Waals surface area contributed by atoms with Gasteiger partial charge in [-0.05, 0) is 29.8 Å². The molecule has 106 valence electrons. The molecule has 0 amide bonds. The molecule has 0 fully saturated rings. The molecule has 20 heavy (non-hydrogen) atoms. The molecule has 0 aliphatic heterocycles. The van der Waals surface area contributed by atoms with Crippen LogP contribution in [0.4, 0.5) is 5.69 Å². The molecular weight excluding hydrogens is 276 g/mol. The van der Waals surface area contributed by atoms with Gasteiger partial charge in [0.1, 0.15) is 0 Å². The van der Waals surface area contributed by atoms with Gasteiger partial charge in [0.05, 0.1) is 11.0 Å². The Balaban J connectivity index is 2.26. The van der Waals surface area contributed by atoms with Crippen LogP contribution in [0.25, 0.3) is 0 Å². The first kappa shape index (κ1) is 14.5. The van der Waals surface area contributed by atoms with Crippen LogP contribution in [0, 0.1) is 0 Å². The number of sulfonamides is 1. The lowest BCUT2D eigenvalue weighted by molar-refractivity contribution is 0.187. The highest BCUT2D eigenvalue weighted by Gasteiger charge is 2.14. The Kier molecular flexibility index (Phi) is 4.39. The Morgan fingerprint density at radius 3 is 2.45 bits per heavy atom. The summed E-state index contributed by atoms with van der Waals surface area (Å²) < 4.78 is 26.8. The zero-order chi connectivity index (χ0) is 14.6. The molecule has 0 radical (unpaired) electrons. The summed E-state index contributed by atoms with van der Waals surface area (Å²) in [7, 11) is -3.63. The maximum atomic E-state index is 12.2. The minimum Gasteiger partial charge on any atom is -0.387 e. The Hall–Kier alpha value is -1.89. The number of benzene rings is 2. The first-order valence-electron chi connectivity index (χ1n) is 6.09. The monoisotopic (exact) mass is 292 g/mol. The van der Waals surface area contributed by atoms with E-state index in [2.05, 4.69) is 4.72 Å². The Labute approximate surface area is 118 Å². The van der Waals surface area contributed by atoms with Gasteiger partial charge < -0.3 is 10.8 Å². The second-order valence-electron chi connectivity index (χ2n) is 4.30. The summed E-state index contributed by atoms with van der Waals surface area (Å²) in [5.41, 5.74) is 6.34. The summed E-state index contributed by atoms with van der Waals surface area (Å²) in [4.78, 5) is 0.185. The van der Waals surface area contributed by atoms with Crippen LogP contribution in [-0.2, 0) is 10.0 Å². The van der Waals surface area contributed by atoms with E-state index < -0.39 is 16.1 Å². The maximum Gasteiger partial charge on any atom is 0.261 e. The molecule has 2 aromatic carbocycles. The van der Waals surface area contributed by atoms with Crippen LogP contribution >= 0.6 is 0 Å². The van der Waals surface area contributed by atoms with Crippen molar-refractivity contribution in [2.45, 2.75) is 11.0 Å². The molecule has 5 nitrogen and oxygen atoms in total. The maximum absolute atomic E-state index is 12.2. The Bertz CT molecular complexity index is 672. The van der Waals surface area contributed by atoms with Crippen LogP contribution in [0.2, 0.25) is 0 Å². The third-order valence-electron chi connectivity index (χ3n) is 2.80. The molecule has 6 heteroatoms. The van der Waals surface area contributed by atoms with E-state index in [0.29, 0.717) is 11.3 Å². The second kappa shape index (κ2) is 6.04. The number of hydrogen-bond acceptors (Lipinski definition) is 4. The van der Waals surface area contributed by atoms with Crippen molar-refractivity contribution in [3.05, 3.63) is 60.2 Å². The van der Waals surface area contributed by atoms with E-state index in [9.17, 15) is 13.5 Å². The van der Waals surface area contributed by atoms with E-state index in [1.165, 1.54) is 12.1 Å². The van der Waals surface area contributed by atoms with E-state index in [0.717, 1.165) is 0 Å². The van der Waals surface area contributed by atoms with Crippen molar-refractivity contribution in [3.8, 4) is 0 Å². The van der Waals surface area contributed by atoms with E-state index >= 15 is 0 Å². The highest BCUT2D eigenvalue weighted by atomic mass is 32.2. The normalized spacial score (nSPS) is 12.9. The van der Waals surface area contributed by atoms with Crippen LogP contribution in [-0.4, -0.2) is 20.1 Å². The van der Waals surface area contributed by atoms with E-state index in [1.807, 2.05) is 0 Å². The molecule has 0 aliphatic rings. The first-order valence-corrected chi connectivity index (χ1v) is 7.57. The van der Waals surface area contributed by atoms with Gasteiger partial charge in [-0.25, -0.2) is 8.42 Å². The van der Waals surface area contributed by atoms with Crippen LogP contribution in [0.3, 0.4) is 0 Å². The van der Waals surface area contributed by atoms with Gasteiger partial charge in [0.25, 0.3) is 10.0 Å². The van der Waals surface area contributed by atoms with Crippen molar-refractivity contribution >= 4 is 15.7 Å². The van der Waals surface area contributed by atoms with Crippen molar-refractivity contribution in [2.75, 3.05) is 11.3 Å². The second-order valence-corrected chi connectivity index (χ2v) is 5.98. The number of nitrogens with two attached hydrogens (primary N) is 1. The van der Waals surface area contributed by atoms with Gasteiger partial charge in [0.15, 0.2) is 0 Å². The number of rotatable bonds is 5. The molecule has 1 unspecified atom stereocenters. The molecule has 0 aromatic heterocycles. The minimum atomic E-state index is -3.63. The fourth-order valence-electron chi connectivity index (χ4n) is 1.76. The largest absolute Gasteiger partial charge is 0.387 e. The van der Waals surface area contributed by atoms with Crippen molar-refractivity contribution in [3.63, 3.8) is 0 Å². The number of hydrogen-bond donors (Lipinski definition) is 3. The van der Waals surface area contributed by atoms with Crippen LogP contribution in [0.1, 0.15) is 11.7 Å². The molecule has 0 bridgehead atoms. The number of aliphatic hydroxyl groups is 1. The van der Waals surface area contributed by atoms with Gasteiger partial charge in [0, 0.05) is 12.2 Å². The summed E-state index contributed by atoms with van der Waals surface area (Å²) in [6.45, 7) is 0.0783. The number of aliphatic hydroxyl groups excluding tert-OH is 1. The molecule has 0 heterocycles. The molecule has 0 aliphatic carbocycles. The standard InChI is InChI=1S/C14H16N2O3S/c15-10-14(17)11-5-4-6-12(9-11)16-20(18,19)13-7-2-1-3-8-13/h1-9,14,16-17H,10,15H2. The summed E-state index contributed by atoms with van der Waals surface area (Å²) in [6.07, 6.45) is -0.809. The fraction of sp³-hybridized carbons (Fsp3) is 0.143. The first-order chi connectivity index (χ1) is 9.53. The van der Waals surface area contributed by atoms with E-state index in [4.69, 9.17) is 5.73 Å². The zero-order valence-corrected chi connectivity index (χ0v) is 11.5. The molecule has 0 saturated heterocycles. The van der Waals surface area contributed by atoms with E-state index in [-0.39, 0.29) is 11.4 Å². The van der Waals surface area contributed by atoms with Gasteiger partial charge in [-0.3, -0.25) is 4.72 Å². The molecular formula is C14H16N2O3S. The predicted octanol–water partition coefficient (Wildman–Crippen LogP) is 1.48. The molecule has 0 spiro atoms. The quantitative estimate of drug-likeness (QED) is 0.778. The van der Waals surface area contributed by atoms with Crippen molar-refractivity contribution < 1.29 is 13.5 Å². The highest BCUT2D eigenvalue weighted by Crippen LogP contribution is 2.20. The average Bonchev–Trinajstić information content (AvgIpc) is 2.47. The SMILES string of the molecule is NCC(O)c1cccc(NS(=O)(=O)c2ccccc2)c1. The molecule has 2 aromatic rings. The zero-order valence-electron chi connectivity index (χ0n) is 10.7. The smallest absolute Gasteiger partial charge is 0.261 e. The molecule has 1 atom stereocenters. The van der Waals surface area contributed by atoms with Crippen molar-refractivity contribution in [1.29, 1.82) is 0 Å². The summed E-state index contributed by atoms with van der Waals surface area (Å²) in [6, 6.07) is 14.6. The number of anilines is 1. The fourth-order valence-corrected chi connectivity index (χ4v) is 2.83. The van der Waals surface area contributed by atoms with Crippen LogP contribution in [0.15, 0.2) is 59.5 Å². The molecule has 2 rings (SSSR count). The van der Waals surface area contributed by atoms with Crippen LogP contribution < -0.4 is 10.5 Å². The number of nitrogens with one attached hydrogen (secondary N) is 1. The summed E-state index contributed by atoms with van der Waals surface area (Å²) in [5.74, 6) is 0. The third-order valence-corrected chi connectivity index (χ3v) is 4.20. The third kappa shape index (κ3) is 3.36. The van der Waals surface area contributed by atoms with Gasteiger partial charge in [-0.2, -0.15) is 0 Å². The van der Waals surface area contributed by atoms with Gasteiger partial charge in [0.2, 0.25) is 0 Å². The lowest BCUT2D eigenvalue weighted by Crippen LogP contribution is -2.14. The van der Waals surface area contributed by atoms with Gasteiger partial charge in [-0.15, -0.1) is 0 Å². The lowest BCUT2D eigenvalue weighted by Gasteiger charge is -2.12. The predicted molar refractivity (Wildman–Crippen MR) is 77.7 cm³/mol. The topological polar surface area (TPSA) is 92.4 Å². The average molecular weight is 292 g/mol. The minimum absolute atomic E-state index is 0.0783. The van der Waals surface area contributed by atoms with Crippen molar-refractivity contribution in [2.24, 2.45) is 5.73 Å². The lowest BCUT2D eigenvalue weighted by atomic mass is 10.1. The van der Waals surface area contributed by atoms with E-state index in [1.54, 1.807) is 42.5 Å². The van der Waals surface area contributed by atoms with Gasteiger partial charge >= 0.3 is 0 Å².